The first-order chi connectivity index (χ1) is 15.1. The highest BCUT2D eigenvalue weighted by atomic mass is 32.2. The zero-order chi connectivity index (χ0) is 23.6. The molecule has 0 saturated carbocycles. The van der Waals surface area contributed by atoms with Crippen molar-refractivity contribution in [1.29, 1.82) is 0 Å². The fourth-order valence-electron chi connectivity index (χ4n) is 3.38. The van der Waals surface area contributed by atoms with Crippen molar-refractivity contribution in [2.75, 3.05) is 33.3 Å². The maximum atomic E-state index is 12.9. The van der Waals surface area contributed by atoms with E-state index in [4.69, 9.17) is 4.74 Å². The number of piperazine rings is 1. The Hall–Kier alpha value is -3.58. The first-order valence-corrected chi connectivity index (χ1v) is 10.9. The second-order valence-corrected chi connectivity index (χ2v) is 8.98. The number of aryl methyl sites for hydroxylation is 1. The molecule has 1 aliphatic heterocycles. The predicted octanol–water partition coefficient (Wildman–Crippen LogP) is 1.97. The number of nitro groups is 2. The molecule has 1 heterocycles. The number of amides is 1. The second-order valence-electron chi connectivity index (χ2n) is 7.05. The van der Waals surface area contributed by atoms with Crippen molar-refractivity contribution in [2.24, 2.45) is 0 Å². The molecule has 32 heavy (non-hydrogen) atoms. The van der Waals surface area contributed by atoms with Crippen LogP contribution in [0.25, 0.3) is 0 Å². The van der Waals surface area contributed by atoms with Gasteiger partial charge in [-0.15, -0.1) is 0 Å². The van der Waals surface area contributed by atoms with Crippen molar-refractivity contribution < 1.29 is 27.8 Å². The molecule has 3 rings (SSSR count). The van der Waals surface area contributed by atoms with E-state index in [1.165, 1.54) is 42.3 Å². The van der Waals surface area contributed by atoms with Crippen LogP contribution >= 0.6 is 0 Å². The second kappa shape index (κ2) is 8.88. The van der Waals surface area contributed by atoms with Gasteiger partial charge in [-0.1, -0.05) is 6.07 Å². The van der Waals surface area contributed by atoms with Gasteiger partial charge in [0.25, 0.3) is 11.6 Å². The third-order valence-corrected chi connectivity index (χ3v) is 7.06. The summed E-state index contributed by atoms with van der Waals surface area (Å²) in [5.74, 6) is -0.498. The molecule has 1 aliphatic rings. The van der Waals surface area contributed by atoms with Crippen molar-refractivity contribution in [3.8, 4) is 5.75 Å². The molecule has 0 aliphatic carbocycles. The lowest BCUT2D eigenvalue weighted by atomic mass is 10.1. The largest absolute Gasteiger partial charge is 0.490 e. The zero-order valence-corrected chi connectivity index (χ0v) is 18.1. The number of carbonyl (C=O) groups is 1. The number of sulfonamides is 1. The molecule has 2 aromatic carbocycles. The summed E-state index contributed by atoms with van der Waals surface area (Å²) in [5.41, 5.74) is -0.0676. The van der Waals surface area contributed by atoms with Gasteiger partial charge in [-0.2, -0.15) is 4.31 Å². The number of hydrogen-bond acceptors (Lipinski definition) is 8. The summed E-state index contributed by atoms with van der Waals surface area (Å²) in [6.45, 7) is 1.65. The Morgan fingerprint density at radius 3 is 2.16 bits per heavy atom. The van der Waals surface area contributed by atoms with Crippen LogP contribution in [0.4, 0.5) is 11.4 Å². The van der Waals surface area contributed by atoms with Gasteiger partial charge in [0, 0.05) is 49.4 Å². The van der Waals surface area contributed by atoms with Crippen LogP contribution in [-0.4, -0.2) is 66.7 Å². The Balaban J connectivity index is 1.76. The molecule has 1 fully saturated rings. The summed E-state index contributed by atoms with van der Waals surface area (Å²) in [6.07, 6.45) is 0. The highest BCUT2D eigenvalue weighted by Crippen LogP contribution is 2.31. The Bertz CT molecular complexity index is 1190. The number of ether oxygens (including phenoxy) is 1. The highest BCUT2D eigenvalue weighted by Gasteiger charge is 2.32. The standard InChI is InChI=1S/C19H20N4O8S/c1-13-3-4-14(11-16(13)22(25)26)19(24)20-7-9-21(10-8-20)32(29,30)15-5-6-18(31-2)17(12-15)23(27)28/h3-6,11-12H,7-10H2,1-2H3. The smallest absolute Gasteiger partial charge is 0.312 e. The summed E-state index contributed by atoms with van der Waals surface area (Å²) in [5, 5.41) is 22.3. The molecular formula is C19H20N4O8S. The van der Waals surface area contributed by atoms with E-state index in [1.807, 2.05) is 0 Å². The van der Waals surface area contributed by atoms with Crippen LogP contribution in [0, 0.1) is 27.2 Å². The number of nitrogens with zero attached hydrogens (tertiary/aromatic N) is 4. The highest BCUT2D eigenvalue weighted by molar-refractivity contribution is 7.89. The molecule has 0 N–H and O–H groups in total. The Labute approximate surface area is 183 Å². The van der Waals surface area contributed by atoms with Crippen molar-refractivity contribution in [3.05, 3.63) is 67.8 Å². The molecule has 0 spiro atoms. The third kappa shape index (κ3) is 4.38. The summed E-state index contributed by atoms with van der Waals surface area (Å²) in [6, 6.07) is 7.57. The van der Waals surface area contributed by atoms with E-state index in [9.17, 15) is 33.4 Å². The lowest BCUT2D eigenvalue weighted by Gasteiger charge is -2.34. The molecule has 170 valence electrons. The Kier molecular flexibility index (Phi) is 6.41. The maximum Gasteiger partial charge on any atom is 0.312 e. The van der Waals surface area contributed by atoms with Crippen LogP contribution in [0.2, 0.25) is 0 Å². The number of hydrogen-bond donors (Lipinski definition) is 0. The summed E-state index contributed by atoms with van der Waals surface area (Å²) in [4.78, 5) is 35.0. The van der Waals surface area contributed by atoms with Crippen LogP contribution in [0.15, 0.2) is 41.3 Å². The van der Waals surface area contributed by atoms with Gasteiger partial charge in [0.05, 0.1) is 21.9 Å². The Morgan fingerprint density at radius 1 is 0.969 bits per heavy atom. The molecule has 0 unspecified atom stereocenters. The topological polar surface area (TPSA) is 153 Å². The van der Waals surface area contributed by atoms with Crippen LogP contribution in [0.1, 0.15) is 15.9 Å². The molecular weight excluding hydrogens is 444 g/mol. The third-order valence-electron chi connectivity index (χ3n) is 5.16. The molecule has 0 aromatic heterocycles. The average Bonchev–Trinajstić information content (AvgIpc) is 2.78. The first kappa shape index (κ1) is 23.1. The first-order valence-electron chi connectivity index (χ1n) is 9.43. The molecule has 1 amide bonds. The number of carbonyl (C=O) groups excluding carboxylic acids is 1. The van der Waals surface area contributed by atoms with E-state index in [0.29, 0.717) is 5.56 Å². The van der Waals surface area contributed by atoms with Gasteiger partial charge in [-0.3, -0.25) is 25.0 Å². The number of benzene rings is 2. The summed E-state index contributed by atoms with van der Waals surface area (Å²) >= 11 is 0. The molecule has 0 bridgehead atoms. The maximum absolute atomic E-state index is 12.9. The van der Waals surface area contributed by atoms with Crippen LogP contribution < -0.4 is 4.74 Å². The normalized spacial score (nSPS) is 14.8. The minimum Gasteiger partial charge on any atom is -0.490 e. The minimum absolute atomic E-state index is 0.0259. The van der Waals surface area contributed by atoms with Crippen molar-refractivity contribution in [3.63, 3.8) is 0 Å². The van der Waals surface area contributed by atoms with Gasteiger partial charge < -0.3 is 9.64 Å². The van der Waals surface area contributed by atoms with E-state index in [-0.39, 0.29) is 48.1 Å². The number of rotatable bonds is 6. The van der Waals surface area contributed by atoms with Crippen molar-refractivity contribution in [1.82, 2.24) is 9.21 Å². The van der Waals surface area contributed by atoms with Gasteiger partial charge in [0.1, 0.15) is 0 Å². The van der Waals surface area contributed by atoms with Gasteiger partial charge >= 0.3 is 5.69 Å². The number of nitro benzene ring substituents is 2. The van der Waals surface area contributed by atoms with Crippen LogP contribution in [0.3, 0.4) is 0 Å². The molecule has 0 atom stereocenters. The monoisotopic (exact) mass is 464 g/mol. The van der Waals surface area contributed by atoms with E-state index in [0.717, 1.165) is 10.4 Å². The average molecular weight is 464 g/mol. The summed E-state index contributed by atoms with van der Waals surface area (Å²) in [7, 11) is -2.79. The molecule has 0 radical (unpaired) electrons. The van der Waals surface area contributed by atoms with Gasteiger partial charge in [0.15, 0.2) is 5.75 Å². The molecule has 1 saturated heterocycles. The number of methoxy groups -OCH3 is 1. The summed E-state index contributed by atoms with van der Waals surface area (Å²) < 4.78 is 31.9. The lowest BCUT2D eigenvalue weighted by Crippen LogP contribution is -2.50. The van der Waals surface area contributed by atoms with Crippen LogP contribution in [-0.2, 0) is 10.0 Å². The van der Waals surface area contributed by atoms with Crippen molar-refractivity contribution >= 4 is 27.3 Å². The van der Waals surface area contributed by atoms with E-state index in [1.54, 1.807) is 6.92 Å². The minimum atomic E-state index is -4.03. The van der Waals surface area contributed by atoms with Gasteiger partial charge in [0.2, 0.25) is 10.0 Å². The lowest BCUT2D eigenvalue weighted by molar-refractivity contribution is -0.386. The van der Waals surface area contributed by atoms with Crippen LogP contribution in [0.5, 0.6) is 5.75 Å². The van der Waals surface area contributed by atoms with Gasteiger partial charge in [-0.25, -0.2) is 8.42 Å². The quantitative estimate of drug-likeness (QED) is 0.464. The van der Waals surface area contributed by atoms with Crippen molar-refractivity contribution in [2.45, 2.75) is 11.8 Å². The van der Waals surface area contributed by atoms with E-state index in [2.05, 4.69) is 0 Å². The Morgan fingerprint density at radius 2 is 1.59 bits per heavy atom. The predicted molar refractivity (Wildman–Crippen MR) is 112 cm³/mol. The zero-order valence-electron chi connectivity index (χ0n) is 17.3. The SMILES string of the molecule is COc1ccc(S(=O)(=O)N2CCN(C(=O)c3ccc(C)c([N+](=O)[O-])c3)CC2)cc1[N+](=O)[O-]. The van der Waals surface area contributed by atoms with E-state index < -0.39 is 31.5 Å². The van der Waals surface area contributed by atoms with Gasteiger partial charge in [-0.05, 0) is 25.1 Å². The molecule has 2 aromatic rings. The fraction of sp³-hybridized carbons (Fsp3) is 0.316. The molecule has 13 heteroatoms. The molecule has 12 nitrogen and oxygen atoms in total. The van der Waals surface area contributed by atoms with E-state index >= 15 is 0 Å². The fourth-order valence-corrected chi connectivity index (χ4v) is 4.82.